The molecule has 0 nitrogen and oxygen atoms in total. The molecule has 0 saturated carbocycles. The molecule has 12 rings (SSSR count). The third-order valence-corrected chi connectivity index (χ3v) is 14.2. The molecule has 0 N–H and O–H groups in total. The first kappa shape index (κ1) is 34.0. The van der Waals surface area contributed by atoms with Crippen LogP contribution >= 0.6 is 11.3 Å². The number of rotatable bonds is 6. The third kappa shape index (κ3) is 5.02. The molecule has 0 aliphatic heterocycles. The normalized spacial score (nSPS) is 13.6. The molecule has 0 saturated heterocycles. The summed E-state index contributed by atoms with van der Waals surface area (Å²) in [5.41, 5.74) is 19.8. The van der Waals surface area contributed by atoms with E-state index >= 15 is 0 Å². The highest BCUT2D eigenvalue weighted by Gasteiger charge is 2.52. The van der Waals surface area contributed by atoms with E-state index in [1.807, 2.05) is 11.3 Å². The van der Waals surface area contributed by atoms with Crippen molar-refractivity contribution in [3.8, 4) is 44.5 Å². The SMILES string of the molecule is C=C(c1ccc(-c2ccccc2)cc1)C(c1cccc(-c2ccc3sc4ccccc4c3c2)c1)c1cccc2c1-c1ccccc1C21c2ccccc2-c2ccccc21. The van der Waals surface area contributed by atoms with Gasteiger partial charge in [0.15, 0.2) is 0 Å². The summed E-state index contributed by atoms with van der Waals surface area (Å²) >= 11 is 1.87. The van der Waals surface area contributed by atoms with Crippen LogP contribution in [0.5, 0.6) is 0 Å². The van der Waals surface area contributed by atoms with E-state index in [0.29, 0.717) is 0 Å². The van der Waals surface area contributed by atoms with Gasteiger partial charge in [0.25, 0.3) is 0 Å². The minimum atomic E-state index is -0.418. The maximum Gasteiger partial charge on any atom is 0.0725 e. The lowest BCUT2D eigenvalue weighted by Gasteiger charge is -2.31. The van der Waals surface area contributed by atoms with Crippen molar-refractivity contribution in [1.29, 1.82) is 0 Å². The second-order valence-electron chi connectivity index (χ2n) is 16.0. The monoisotopic (exact) mass is 766 g/mol. The highest BCUT2D eigenvalue weighted by molar-refractivity contribution is 7.25. The molecular formula is C58H38S. The maximum absolute atomic E-state index is 4.99. The van der Waals surface area contributed by atoms with E-state index in [4.69, 9.17) is 6.58 Å². The smallest absolute Gasteiger partial charge is 0.0725 e. The minimum Gasteiger partial charge on any atom is -0.135 e. The van der Waals surface area contributed by atoms with Crippen LogP contribution in [-0.4, -0.2) is 0 Å². The largest absolute Gasteiger partial charge is 0.135 e. The van der Waals surface area contributed by atoms with Crippen molar-refractivity contribution < 1.29 is 0 Å². The van der Waals surface area contributed by atoms with E-state index in [-0.39, 0.29) is 5.92 Å². The van der Waals surface area contributed by atoms with Crippen LogP contribution in [0.15, 0.2) is 219 Å². The fraction of sp³-hybridized carbons (Fsp3) is 0.0345. The first-order valence-corrected chi connectivity index (χ1v) is 21.3. The molecule has 1 spiro atoms. The molecule has 1 atom stereocenters. The molecule has 9 aromatic carbocycles. The van der Waals surface area contributed by atoms with Gasteiger partial charge in [-0.1, -0.05) is 201 Å². The van der Waals surface area contributed by atoms with E-state index in [9.17, 15) is 0 Å². The van der Waals surface area contributed by atoms with Gasteiger partial charge in [0.1, 0.15) is 0 Å². The lowest BCUT2D eigenvalue weighted by molar-refractivity contribution is 0.792. The van der Waals surface area contributed by atoms with Crippen LogP contribution in [-0.2, 0) is 5.41 Å². The second kappa shape index (κ2) is 13.2. The molecule has 0 radical (unpaired) electrons. The molecule has 2 aliphatic rings. The summed E-state index contributed by atoms with van der Waals surface area (Å²) < 4.78 is 2.64. The second-order valence-corrected chi connectivity index (χ2v) is 17.1. The van der Waals surface area contributed by atoms with Gasteiger partial charge in [0.05, 0.1) is 5.41 Å². The van der Waals surface area contributed by atoms with Crippen molar-refractivity contribution in [2.75, 3.05) is 0 Å². The zero-order chi connectivity index (χ0) is 39.1. The molecule has 2 aliphatic carbocycles. The maximum atomic E-state index is 4.99. The van der Waals surface area contributed by atoms with Crippen molar-refractivity contribution in [2.24, 2.45) is 0 Å². The highest BCUT2D eigenvalue weighted by Crippen LogP contribution is 2.64. The lowest BCUT2D eigenvalue weighted by Crippen LogP contribution is -2.25. The Hall–Kier alpha value is -7.06. The first-order chi connectivity index (χ1) is 29.2. The topological polar surface area (TPSA) is 0 Å². The Morgan fingerprint density at radius 2 is 0.949 bits per heavy atom. The van der Waals surface area contributed by atoms with Gasteiger partial charge in [-0.15, -0.1) is 11.3 Å². The van der Waals surface area contributed by atoms with Crippen molar-refractivity contribution in [3.05, 3.63) is 258 Å². The van der Waals surface area contributed by atoms with Crippen molar-refractivity contribution >= 4 is 37.1 Å². The van der Waals surface area contributed by atoms with Crippen LogP contribution < -0.4 is 0 Å². The average Bonchev–Trinajstić information content (AvgIpc) is 3.94. The quantitative estimate of drug-likeness (QED) is 0.158. The summed E-state index contributed by atoms with van der Waals surface area (Å²) in [6, 6.07) is 78.9. The molecule has 1 unspecified atom stereocenters. The molecule has 10 aromatic rings. The zero-order valence-corrected chi connectivity index (χ0v) is 33.2. The number of hydrogen-bond acceptors (Lipinski definition) is 1. The number of benzene rings is 9. The Kier molecular flexibility index (Phi) is 7.64. The van der Waals surface area contributed by atoms with E-state index < -0.39 is 5.41 Å². The Bertz CT molecular complexity index is 3240. The Morgan fingerprint density at radius 1 is 0.407 bits per heavy atom. The van der Waals surface area contributed by atoms with E-state index in [2.05, 4.69) is 212 Å². The molecule has 1 heteroatoms. The minimum absolute atomic E-state index is 0.117. The third-order valence-electron chi connectivity index (χ3n) is 13.0. The van der Waals surface area contributed by atoms with E-state index in [0.717, 1.165) is 11.1 Å². The van der Waals surface area contributed by atoms with Gasteiger partial charge >= 0.3 is 0 Å². The summed E-state index contributed by atoms with van der Waals surface area (Å²) in [7, 11) is 0. The molecule has 0 bridgehead atoms. The molecule has 1 aromatic heterocycles. The van der Waals surface area contributed by atoms with Crippen LogP contribution in [0.4, 0.5) is 0 Å². The van der Waals surface area contributed by atoms with Crippen LogP contribution in [0.1, 0.15) is 44.9 Å². The molecular weight excluding hydrogens is 729 g/mol. The Balaban J connectivity index is 1.08. The van der Waals surface area contributed by atoms with Gasteiger partial charge < -0.3 is 0 Å². The van der Waals surface area contributed by atoms with Crippen molar-refractivity contribution in [2.45, 2.75) is 11.3 Å². The summed E-state index contributed by atoms with van der Waals surface area (Å²) in [5.74, 6) is -0.117. The fourth-order valence-corrected chi connectivity index (χ4v) is 11.5. The number of fused-ring (bicyclic) bond motifs is 13. The van der Waals surface area contributed by atoms with Crippen LogP contribution in [0.2, 0.25) is 0 Å². The number of thiophene rings is 1. The standard InChI is InChI=1S/C58H38S/c1-37(38-29-31-40(32-30-38)39-15-3-2-4-16-39)56(43-18-13-17-41(35-43)42-33-34-55-49(36-42)46-21-8-12-28-54(46)59-55)48-23-14-27-53-57(48)47-22-7-11-26-52(47)58(53)50-24-9-5-19-44(50)45-20-6-10-25-51(45)58/h2-36,56H,1H2. The zero-order valence-electron chi connectivity index (χ0n) is 32.4. The predicted molar refractivity (Wildman–Crippen MR) is 250 cm³/mol. The van der Waals surface area contributed by atoms with Gasteiger partial charge in [-0.25, -0.2) is 0 Å². The average molecular weight is 767 g/mol. The number of hydrogen-bond donors (Lipinski definition) is 0. The molecule has 276 valence electrons. The van der Waals surface area contributed by atoms with Crippen LogP contribution in [0.25, 0.3) is 70.3 Å². The van der Waals surface area contributed by atoms with Crippen LogP contribution in [0, 0.1) is 0 Å². The van der Waals surface area contributed by atoms with Crippen molar-refractivity contribution in [1.82, 2.24) is 0 Å². The summed E-state index contributed by atoms with van der Waals surface area (Å²) in [6.45, 7) is 4.99. The predicted octanol–water partition coefficient (Wildman–Crippen LogP) is 15.6. The Morgan fingerprint density at radius 3 is 1.71 bits per heavy atom. The molecule has 1 heterocycles. The fourth-order valence-electron chi connectivity index (χ4n) is 10.5. The van der Waals surface area contributed by atoms with Gasteiger partial charge in [0.2, 0.25) is 0 Å². The van der Waals surface area contributed by atoms with E-state index in [1.54, 1.807) is 0 Å². The first-order valence-electron chi connectivity index (χ1n) is 20.5. The summed E-state index contributed by atoms with van der Waals surface area (Å²) in [4.78, 5) is 0. The summed E-state index contributed by atoms with van der Waals surface area (Å²) in [5, 5.41) is 2.63. The molecule has 0 fully saturated rings. The lowest BCUT2D eigenvalue weighted by atomic mass is 9.70. The molecule has 0 amide bonds. The van der Waals surface area contributed by atoms with Gasteiger partial charge in [-0.3, -0.25) is 0 Å². The van der Waals surface area contributed by atoms with Gasteiger partial charge in [-0.05, 0) is 107 Å². The van der Waals surface area contributed by atoms with Gasteiger partial charge in [0, 0.05) is 26.1 Å². The van der Waals surface area contributed by atoms with Crippen molar-refractivity contribution in [3.63, 3.8) is 0 Å². The summed E-state index contributed by atoms with van der Waals surface area (Å²) in [6.07, 6.45) is 0. The van der Waals surface area contributed by atoms with Gasteiger partial charge in [-0.2, -0.15) is 0 Å². The highest BCUT2D eigenvalue weighted by atomic mass is 32.1. The molecule has 59 heavy (non-hydrogen) atoms. The van der Waals surface area contributed by atoms with E-state index in [1.165, 1.54) is 98.1 Å². The number of allylic oxidation sites excluding steroid dienone is 1. The van der Waals surface area contributed by atoms with Crippen LogP contribution in [0.3, 0.4) is 0 Å². The Labute approximate surface area is 349 Å².